The highest BCUT2D eigenvalue weighted by Gasteiger charge is 2.19. The van der Waals surface area contributed by atoms with Crippen LogP contribution in [0.15, 0.2) is 30.9 Å². The molecule has 0 fully saturated rings. The molecule has 0 aliphatic heterocycles. The van der Waals surface area contributed by atoms with Gasteiger partial charge in [0, 0.05) is 30.6 Å². The number of anilines is 1. The predicted molar refractivity (Wildman–Crippen MR) is 83.5 cm³/mol. The van der Waals surface area contributed by atoms with E-state index in [1.54, 1.807) is 10.9 Å². The number of carbonyl (C=O) groups is 1. The van der Waals surface area contributed by atoms with E-state index in [0.717, 1.165) is 4.68 Å². The Balaban J connectivity index is 1.74. The quantitative estimate of drug-likeness (QED) is 0.428. The van der Waals surface area contributed by atoms with Gasteiger partial charge in [-0.2, -0.15) is 10.2 Å². The molecule has 1 aromatic carbocycles. The van der Waals surface area contributed by atoms with Gasteiger partial charge < -0.3 is 5.32 Å². The Labute approximate surface area is 145 Å². The van der Waals surface area contributed by atoms with E-state index in [0.29, 0.717) is 12.1 Å². The Morgan fingerprint density at radius 1 is 1.04 bits per heavy atom. The van der Waals surface area contributed by atoms with Gasteiger partial charge in [-0.15, -0.1) is 0 Å². The van der Waals surface area contributed by atoms with Gasteiger partial charge in [0.1, 0.15) is 5.82 Å². The molecule has 3 rings (SSSR count). The molecule has 26 heavy (non-hydrogen) atoms. The highest BCUT2D eigenvalue weighted by Crippen LogP contribution is 2.20. The number of aromatic nitrogens is 4. The summed E-state index contributed by atoms with van der Waals surface area (Å²) in [7, 11) is 0. The lowest BCUT2D eigenvalue weighted by Gasteiger charge is -2.06. The lowest BCUT2D eigenvalue weighted by molar-refractivity contribution is 0.102. The van der Waals surface area contributed by atoms with Gasteiger partial charge in [0.2, 0.25) is 0 Å². The third-order valence-corrected chi connectivity index (χ3v) is 3.64. The summed E-state index contributed by atoms with van der Waals surface area (Å²) in [4.78, 5) is 12.1. The largest absolute Gasteiger partial charge is 0.319 e. The van der Waals surface area contributed by atoms with Crippen molar-refractivity contribution in [2.45, 2.75) is 20.0 Å². The van der Waals surface area contributed by atoms with Gasteiger partial charge in [0.25, 0.3) is 5.91 Å². The first-order valence-electron chi connectivity index (χ1n) is 7.57. The maximum absolute atomic E-state index is 13.7. The van der Waals surface area contributed by atoms with Crippen molar-refractivity contribution in [1.29, 1.82) is 0 Å². The zero-order valence-corrected chi connectivity index (χ0v) is 13.5. The summed E-state index contributed by atoms with van der Waals surface area (Å²) in [6.07, 6.45) is 5.53. The molecular weight excluding hydrogens is 354 g/mol. The Morgan fingerprint density at radius 2 is 1.77 bits per heavy atom. The van der Waals surface area contributed by atoms with E-state index >= 15 is 0 Å². The molecule has 0 aliphatic rings. The smallest absolute Gasteiger partial charge is 0.258 e. The standard InChI is InChI=1S/C16H13F4N5O/c1-2-24-6-9(4-21-24)16(26)23-10-5-22-25(7-10)8-11-12(17)3-13(18)15(20)14(11)19/h3-7H,2,8H2,1H3,(H,23,26). The average molecular weight is 367 g/mol. The van der Waals surface area contributed by atoms with Crippen LogP contribution in [0, 0.1) is 23.3 Å². The Morgan fingerprint density at radius 3 is 2.46 bits per heavy atom. The fourth-order valence-electron chi connectivity index (χ4n) is 2.28. The molecule has 0 radical (unpaired) electrons. The minimum absolute atomic E-state index is 0.266. The van der Waals surface area contributed by atoms with Gasteiger partial charge in [-0.05, 0) is 6.92 Å². The Kier molecular flexibility index (Phi) is 4.74. The van der Waals surface area contributed by atoms with Crippen LogP contribution in [-0.4, -0.2) is 25.5 Å². The molecular formula is C16H13F4N5O. The van der Waals surface area contributed by atoms with Crippen molar-refractivity contribution in [2.75, 3.05) is 5.32 Å². The molecule has 0 unspecified atom stereocenters. The molecule has 0 spiro atoms. The van der Waals surface area contributed by atoms with Crippen molar-refractivity contribution in [3.63, 3.8) is 0 Å². The van der Waals surface area contributed by atoms with Crippen molar-refractivity contribution < 1.29 is 22.4 Å². The topological polar surface area (TPSA) is 64.7 Å². The fraction of sp³-hybridized carbons (Fsp3) is 0.188. The molecule has 6 nitrogen and oxygen atoms in total. The zero-order valence-electron chi connectivity index (χ0n) is 13.5. The van der Waals surface area contributed by atoms with E-state index in [-0.39, 0.29) is 11.8 Å². The minimum Gasteiger partial charge on any atom is -0.319 e. The molecule has 1 N–H and O–H groups in total. The molecule has 0 saturated carbocycles. The van der Waals surface area contributed by atoms with E-state index in [2.05, 4.69) is 15.5 Å². The maximum atomic E-state index is 13.7. The predicted octanol–water partition coefficient (Wildman–Crippen LogP) is 2.96. The number of halogens is 4. The molecule has 1 amide bonds. The van der Waals surface area contributed by atoms with Crippen LogP contribution in [0.4, 0.5) is 23.2 Å². The number of nitrogens with zero attached hydrogens (tertiary/aromatic N) is 4. The number of rotatable bonds is 5. The van der Waals surface area contributed by atoms with Gasteiger partial charge in [0.15, 0.2) is 17.5 Å². The van der Waals surface area contributed by atoms with Crippen LogP contribution in [-0.2, 0) is 13.1 Å². The second-order valence-corrected chi connectivity index (χ2v) is 5.41. The summed E-state index contributed by atoms with van der Waals surface area (Å²) in [5, 5.41) is 10.4. The van der Waals surface area contributed by atoms with E-state index in [1.165, 1.54) is 18.6 Å². The average Bonchev–Trinajstić information content (AvgIpc) is 3.26. The number of amides is 1. The van der Waals surface area contributed by atoms with E-state index in [9.17, 15) is 22.4 Å². The third kappa shape index (κ3) is 3.44. The van der Waals surface area contributed by atoms with Crippen LogP contribution in [0.5, 0.6) is 0 Å². The zero-order chi connectivity index (χ0) is 18.8. The summed E-state index contributed by atoms with van der Waals surface area (Å²) in [5.41, 5.74) is -0.0750. The molecule has 0 bridgehead atoms. The number of hydrogen-bond donors (Lipinski definition) is 1. The first-order valence-corrected chi connectivity index (χ1v) is 7.57. The van der Waals surface area contributed by atoms with Crippen LogP contribution in [0.25, 0.3) is 0 Å². The highest BCUT2D eigenvalue weighted by atomic mass is 19.2. The molecule has 10 heteroatoms. The third-order valence-electron chi connectivity index (χ3n) is 3.64. The van der Waals surface area contributed by atoms with Gasteiger partial charge in [-0.1, -0.05) is 0 Å². The van der Waals surface area contributed by atoms with Gasteiger partial charge in [-0.3, -0.25) is 14.2 Å². The normalized spacial score (nSPS) is 11.0. The monoisotopic (exact) mass is 367 g/mol. The molecule has 0 aliphatic carbocycles. The summed E-state index contributed by atoms with van der Waals surface area (Å²) < 4.78 is 56.3. The lowest BCUT2D eigenvalue weighted by Crippen LogP contribution is -2.11. The lowest BCUT2D eigenvalue weighted by atomic mass is 10.2. The highest BCUT2D eigenvalue weighted by molar-refractivity contribution is 6.03. The van der Waals surface area contributed by atoms with Crippen LogP contribution >= 0.6 is 0 Å². The summed E-state index contributed by atoms with van der Waals surface area (Å²) in [6.45, 7) is 2.00. The molecule has 0 saturated heterocycles. The second-order valence-electron chi connectivity index (χ2n) is 5.41. The first kappa shape index (κ1) is 17.6. The molecule has 2 heterocycles. The second kappa shape index (κ2) is 6.98. The van der Waals surface area contributed by atoms with Gasteiger partial charge in [0.05, 0.1) is 30.2 Å². The number of benzene rings is 1. The Bertz CT molecular complexity index is 966. The van der Waals surface area contributed by atoms with E-state index in [4.69, 9.17) is 0 Å². The van der Waals surface area contributed by atoms with Gasteiger partial charge >= 0.3 is 0 Å². The van der Waals surface area contributed by atoms with Crippen molar-refractivity contribution >= 4 is 11.6 Å². The van der Waals surface area contributed by atoms with E-state index in [1.807, 2.05) is 6.92 Å². The van der Waals surface area contributed by atoms with Crippen molar-refractivity contribution in [2.24, 2.45) is 0 Å². The molecule has 0 atom stereocenters. The number of carbonyl (C=O) groups excluding carboxylic acids is 1. The van der Waals surface area contributed by atoms with Gasteiger partial charge in [-0.25, -0.2) is 17.6 Å². The maximum Gasteiger partial charge on any atom is 0.258 e. The van der Waals surface area contributed by atoms with E-state index < -0.39 is 41.3 Å². The summed E-state index contributed by atoms with van der Waals surface area (Å²) >= 11 is 0. The first-order chi connectivity index (χ1) is 12.4. The van der Waals surface area contributed by atoms with Crippen LogP contribution in [0.3, 0.4) is 0 Å². The summed E-state index contributed by atoms with van der Waals surface area (Å²) in [6, 6.07) is 0.269. The fourth-order valence-corrected chi connectivity index (χ4v) is 2.28. The SMILES string of the molecule is CCn1cc(C(=O)Nc2cnn(Cc3c(F)cc(F)c(F)c3F)c2)cn1. The Hall–Kier alpha value is -3.17. The molecule has 136 valence electrons. The number of hydrogen-bond acceptors (Lipinski definition) is 3. The van der Waals surface area contributed by atoms with Crippen LogP contribution in [0.1, 0.15) is 22.8 Å². The summed E-state index contributed by atoms with van der Waals surface area (Å²) in [5.74, 6) is -6.64. The number of nitrogens with one attached hydrogen (secondary N) is 1. The van der Waals surface area contributed by atoms with Crippen molar-refractivity contribution in [1.82, 2.24) is 19.6 Å². The van der Waals surface area contributed by atoms with Crippen LogP contribution < -0.4 is 5.32 Å². The van der Waals surface area contributed by atoms with Crippen molar-refractivity contribution in [3.8, 4) is 0 Å². The molecule has 3 aromatic rings. The van der Waals surface area contributed by atoms with Crippen molar-refractivity contribution in [3.05, 3.63) is 65.2 Å². The number of aryl methyl sites for hydroxylation is 1. The molecule has 2 aromatic heterocycles. The van der Waals surface area contributed by atoms with Crippen LogP contribution in [0.2, 0.25) is 0 Å². The minimum atomic E-state index is -1.75.